The number of allylic oxidation sites excluding steroid dienone is 1. The first-order valence-electron chi connectivity index (χ1n) is 10.2. The van der Waals surface area contributed by atoms with Crippen molar-refractivity contribution in [3.63, 3.8) is 0 Å². The molecule has 1 amide bonds. The number of nitriles is 1. The molecule has 2 aliphatic heterocycles. The Hall–Kier alpha value is -3.15. The minimum atomic E-state index is -1.53. The van der Waals surface area contributed by atoms with Gasteiger partial charge < -0.3 is 19.3 Å². The first-order valence-corrected chi connectivity index (χ1v) is 11.2. The second-order valence-electron chi connectivity index (χ2n) is 7.46. The maximum atomic E-state index is 13.3. The summed E-state index contributed by atoms with van der Waals surface area (Å²) >= 11 is 1.31. The van der Waals surface area contributed by atoms with Gasteiger partial charge in [0.1, 0.15) is 5.75 Å². The van der Waals surface area contributed by atoms with Gasteiger partial charge in [-0.2, -0.15) is 5.26 Å². The van der Waals surface area contributed by atoms with E-state index in [4.69, 9.17) is 14.2 Å². The molecule has 1 N–H and O–H groups in total. The molecular weight excluding hydrogens is 428 g/mol. The third kappa shape index (κ3) is 3.48. The maximum Gasteiger partial charge on any atom is 0.231 e. The van der Waals surface area contributed by atoms with E-state index in [0.29, 0.717) is 45.6 Å². The molecule has 166 valence electrons. The van der Waals surface area contributed by atoms with E-state index >= 15 is 0 Å². The van der Waals surface area contributed by atoms with Crippen molar-refractivity contribution in [2.24, 2.45) is 0 Å². The highest BCUT2D eigenvalue weighted by molar-refractivity contribution is 8.03. The molecule has 0 bridgehead atoms. The Morgan fingerprint density at radius 2 is 1.97 bits per heavy atom. The van der Waals surface area contributed by atoms with Crippen LogP contribution in [0.1, 0.15) is 30.4 Å². The first kappa shape index (κ1) is 22.1. The van der Waals surface area contributed by atoms with Gasteiger partial charge in [-0.15, -0.1) is 11.8 Å². The van der Waals surface area contributed by atoms with E-state index < -0.39 is 11.6 Å². The van der Waals surface area contributed by atoms with Gasteiger partial charge in [0.15, 0.2) is 17.2 Å². The number of nitrogens with zero attached hydrogens (tertiary/aromatic N) is 2. The quantitative estimate of drug-likeness (QED) is 0.714. The van der Waals surface area contributed by atoms with Crippen LogP contribution >= 0.6 is 11.8 Å². The molecular formula is C24H24N2O5S. The number of methoxy groups -OCH3 is 2. The van der Waals surface area contributed by atoms with E-state index in [9.17, 15) is 15.2 Å². The summed E-state index contributed by atoms with van der Waals surface area (Å²) < 4.78 is 16.4. The lowest BCUT2D eigenvalue weighted by atomic mass is 9.84. The first-order chi connectivity index (χ1) is 15.5. The zero-order valence-electron chi connectivity index (χ0n) is 18.1. The Morgan fingerprint density at radius 3 is 2.59 bits per heavy atom. The summed E-state index contributed by atoms with van der Waals surface area (Å²) in [6, 6.07) is 14.8. The van der Waals surface area contributed by atoms with Gasteiger partial charge in [0.2, 0.25) is 5.91 Å². The van der Waals surface area contributed by atoms with E-state index in [1.165, 1.54) is 23.8 Å². The summed E-state index contributed by atoms with van der Waals surface area (Å²) in [5, 5.41) is 22.1. The van der Waals surface area contributed by atoms with Crippen LogP contribution in [0.2, 0.25) is 0 Å². The molecule has 7 nitrogen and oxygen atoms in total. The van der Waals surface area contributed by atoms with Crippen LogP contribution in [-0.4, -0.2) is 42.5 Å². The van der Waals surface area contributed by atoms with Gasteiger partial charge in [0.05, 0.1) is 43.3 Å². The third-order valence-electron chi connectivity index (χ3n) is 5.75. The third-order valence-corrected chi connectivity index (χ3v) is 6.97. The largest absolute Gasteiger partial charge is 0.494 e. The summed E-state index contributed by atoms with van der Waals surface area (Å²) in [7, 11) is 3.08. The zero-order valence-corrected chi connectivity index (χ0v) is 18.9. The smallest absolute Gasteiger partial charge is 0.231 e. The molecule has 0 radical (unpaired) electrons. The fourth-order valence-corrected chi connectivity index (χ4v) is 5.63. The van der Waals surface area contributed by atoms with Crippen molar-refractivity contribution in [3.05, 3.63) is 64.2 Å². The number of carbonyl (C=O) groups excluding carboxylic acids is 1. The number of benzene rings is 2. The number of amides is 1. The number of rotatable bonds is 6. The summed E-state index contributed by atoms with van der Waals surface area (Å²) in [6.45, 7) is 2.44. The van der Waals surface area contributed by atoms with E-state index in [2.05, 4.69) is 6.07 Å². The molecule has 0 saturated carbocycles. The van der Waals surface area contributed by atoms with Gasteiger partial charge >= 0.3 is 0 Å². The predicted octanol–water partition coefficient (Wildman–Crippen LogP) is 3.75. The fourth-order valence-electron chi connectivity index (χ4n) is 4.28. The van der Waals surface area contributed by atoms with E-state index in [-0.39, 0.29) is 18.1 Å². The van der Waals surface area contributed by atoms with Crippen LogP contribution in [0.3, 0.4) is 0 Å². The van der Waals surface area contributed by atoms with Gasteiger partial charge in [-0.05, 0) is 25.1 Å². The molecule has 4 rings (SSSR count). The van der Waals surface area contributed by atoms with Gasteiger partial charge in [-0.1, -0.05) is 24.3 Å². The second-order valence-corrected chi connectivity index (χ2v) is 8.43. The topological polar surface area (TPSA) is 92.0 Å². The number of fused-ring (bicyclic) bond motifs is 1. The van der Waals surface area contributed by atoms with Crippen LogP contribution in [0.25, 0.3) is 0 Å². The maximum absolute atomic E-state index is 13.3. The highest BCUT2D eigenvalue weighted by atomic mass is 32.2. The Morgan fingerprint density at radius 1 is 1.22 bits per heavy atom. The van der Waals surface area contributed by atoms with Crippen molar-refractivity contribution in [2.75, 3.05) is 26.6 Å². The van der Waals surface area contributed by atoms with Crippen molar-refractivity contribution < 1.29 is 24.1 Å². The van der Waals surface area contributed by atoms with E-state index in [1.807, 2.05) is 19.1 Å². The number of carbonyl (C=O) groups is 1. The minimum absolute atomic E-state index is 0.0375. The van der Waals surface area contributed by atoms with Gasteiger partial charge in [-0.3, -0.25) is 9.69 Å². The van der Waals surface area contributed by atoms with Crippen LogP contribution in [0.4, 0.5) is 0 Å². The van der Waals surface area contributed by atoms with Crippen molar-refractivity contribution in [1.82, 2.24) is 4.90 Å². The molecule has 0 spiro atoms. The minimum Gasteiger partial charge on any atom is -0.494 e. The molecule has 0 aromatic heterocycles. The second kappa shape index (κ2) is 8.77. The average molecular weight is 453 g/mol. The van der Waals surface area contributed by atoms with Crippen LogP contribution in [0.15, 0.2) is 53.1 Å². The molecule has 2 aromatic carbocycles. The summed E-state index contributed by atoms with van der Waals surface area (Å²) in [6.07, 6.45) is 0.0375. The van der Waals surface area contributed by atoms with Crippen molar-refractivity contribution in [1.29, 1.82) is 5.26 Å². The number of hydrogen-bond donors (Lipinski definition) is 1. The summed E-state index contributed by atoms with van der Waals surface area (Å²) in [4.78, 5) is 14.7. The van der Waals surface area contributed by atoms with Crippen LogP contribution < -0.4 is 14.2 Å². The molecule has 1 saturated heterocycles. The highest BCUT2D eigenvalue weighted by Crippen LogP contribution is 2.53. The lowest BCUT2D eigenvalue weighted by molar-refractivity contribution is -0.149. The van der Waals surface area contributed by atoms with Gasteiger partial charge in [0.25, 0.3) is 0 Å². The normalized spacial score (nSPS) is 22.4. The Kier molecular flexibility index (Phi) is 6.04. The highest BCUT2D eigenvalue weighted by Gasteiger charge is 2.52. The van der Waals surface area contributed by atoms with Crippen LogP contribution in [0, 0.1) is 11.3 Å². The molecule has 8 heteroatoms. The Balaban J connectivity index is 1.78. The number of hydrogen-bond acceptors (Lipinski definition) is 7. The van der Waals surface area contributed by atoms with Crippen LogP contribution in [0.5, 0.6) is 17.2 Å². The van der Waals surface area contributed by atoms with Crippen molar-refractivity contribution >= 4 is 17.7 Å². The molecule has 2 aromatic rings. The summed E-state index contributed by atoms with van der Waals surface area (Å²) in [5.41, 5.74) is 0.184. The number of thioether (sulfide) groups is 1. The predicted molar refractivity (Wildman–Crippen MR) is 120 cm³/mol. The molecule has 2 heterocycles. The standard InChI is InChI=1S/C24H24N2O5S/c1-4-31-16-10-8-15(9-11-16)24(28)14-32-23-19(13-25)18(12-21(27)26(23)24)17-6-5-7-20(29-2)22(17)30-3/h5-11,18,28H,4,12,14H2,1-3H3/t18-,24-/m1/s1. The van der Waals surface area contributed by atoms with Crippen molar-refractivity contribution in [3.8, 4) is 23.3 Å². The number of aliphatic hydroxyl groups is 1. The van der Waals surface area contributed by atoms with Gasteiger partial charge in [-0.25, -0.2) is 0 Å². The molecule has 2 atom stereocenters. The molecule has 2 aliphatic rings. The lowest BCUT2D eigenvalue weighted by Crippen LogP contribution is -2.48. The summed E-state index contributed by atoms with van der Waals surface area (Å²) in [5.74, 6) is 1.21. The Labute approximate surface area is 191 Å². The number of ether oxygens (including phenoxy) is 3. The molecule has 32 heavy (non-hydrogen) atoms. The fraction of sp³-hybridized carbons (Fsp3) is 0.333. The van der Waals surface area contributed by atoms with E-state index in [0.717, 1.165) is 0 Å². The molecule has 0 unspecified atom stereocenters. The monoisotopic (exact) mass is 452 g/mol. The molecule has 1 fully saturated rings. The average Bonchev–Trinajstić information content (AvgIpc) is 3.18. The Bertz CT molecular complexity index is 1110. The lowest BCUT2D eigenvalue weighted by Gasteiger charge is -2.38. The van der Waals surface area contributed by atoms with Crippen LogP contribution in [-0.2, 0) is 10.5 Å². The molecule has 0 aliphatic carbocycles. The van der Waals surface area contributed by atoms with Gasteiger partial charge in [0, 0.05) is 23.5 Å². The number of para-hydroxylation sites is 1. The van der Waals surface area contributed by atoms with E-state index in [1.54, 1.807) is 37.4 Å². The SMILES string of the molecule is CCOc1ccc([C@]2(O)CSC3=C(C#N)[C@@H](c4cccc(OC)c4OC)CC(=O)N32)cc1. The zero-order chi connectivity index (χ0) is 22.9. The van der Waals surface area contributed by atoms with Crippen molar-refractivity contribution in [2.45, 2.75) is 25.0 Å².